The van der Waals surface area contributed by atoms with Crippen molar-refractivity contribution in [1.82, 2.24) is 4.98 Å². The quantitative estimate of drug-likeness (QED) is 0.390. The van der Waals surface area contributed by atoms with Gasteiger partial charge in [-0.05, 0) is 79.4 Å². The van der Waals surface area contributed by atoms with E-state index in [9.17, 15) is 14.3 Å². The van der Waals surface area contributed by atoms with Gasteiger partial charge in [0.05, 0.1) is 11.1 Å². The summed E-state index contributed by atoms with van der Waals surface area (Å²) in [7, 11) is 0. The maximum absolute atomic E-state index is 13.4. The maximum atomic E-state index is 13.4. The van der Waals surface area contributed by atoms with Crippen LogP contribution in [-0.2, 0) is 0 Å². The average Bonchev–Trinajstić information content (AvgIpc) is 2.74. The molecule has 0 bridgehead atoms. The fourth-order valence-corrected chi connectivity index (χ4v) is 4.06. The topological polar surface area (TPSA) is 62.2 Å². The van der Waals surface area contributed by atoms with Crippen LogP contribution >= 0.6 is 0 Å². The molecule has 2 N–H and O–H groups in total. The summed E-state index contributed by atoms with van der Waals surface area (Å²) in [6.45, 7) is 6.00. The molecular formula is C26H23FN2O2. The summed E-state index contributed by atoms with van der Waals surface area (Å²) in [5.74, 6) is -1.24. The van der Waals surface area contributed by atoms with Crippen molar-refractivity contribution in [2.24, 2.45) is 0 Å². The number of pyridine rings is 1. The Labute approximate surface area is 180 Å². The molecule has 4 rings (SSSR count). The molecule has 1 heterocycles. The number of carbonyl (C=O) groups is 1. The first-order valence-corrected chi connectivity index (χ1v) is 10.1. The van der Waals surface area contributed by atoms with Crippen molar-refractivity contribution < 1.29 is 14.3 Å². The number of fused-ring (bicyclic) bond motifs is 1. The Balaban J connectivity index is 1.84. The third-order valence-corrected chi connectivity index (χ3v) is 5.54. The van der Waals surface area contributed by atoms with E-state index in [0.717, 1.165) is 38.9 Å². The number of hydrogen-bond acceptors (Lipinski definition) is 3. The Morgan fingerprint density at radius 1 is 1.03 bits per heavy atom. The van der Waals surface area contributed by atoms with Crippen LogP contribution in [0.1, 0.15) is 40.1 Å². The summed E-state index contributed by atoms with van der Waals surface area (Å²) in [6.07, 6.45) is 0. The molecule has 0 saturated heterocycles. The predicted molar refractivity (Wildman–Crippen MR) is 122 cm³/mol. The van der Waals surface area contributed by atoms with Crippen LogP contribution in [0.3, 0.4) is 0 Å². The monoisotopic (exact) mass is 414 g/mol. The molecule has 4 aromatic rings. The fourth-order valence-electron chi connectivity index (χ4n) is 4.06. The van der Waals surface area contributed by atoms with E-state index in [1.807, 2.05) is 45.0 Å². The SMILES string of the molecule is Cc1cc(C(C)Nc2ccccc2C(=O)O)c2c(C)c(-c3ccc(F)cc3)ccc2n1. The minimum absolute atomic E-state index is 0.160. The summed E-state index contributed by atoms with van der Waals surface area (Å²) < 4.78 is 13.4. The van der Waals surface area contributed by atoms with Crippen LogP contribution in [0, 0.1) is 19.7 Å². The van der Waals surface area contributed by atoms with Crippen molar-refractivity contribution in [2.75, 3.05) is 5.32 Å². The van der Waals surface area contributed by atoms with E-state index >= 15 is 0 Å². The number of aryl methyl sites for hydroxylation is 2. The standard InChI is InChI=1S/C26H23FN2O2/c1-15-14-22(17(3)29-23-7-5-4-6-21(23)26(30)31)25-16(2)20(12-13-24(25)28-15)18-8-10-19(27)11-9-18/h4-14,17,29H,1-3H3,(H,30,31). The van der Waals surface area contributed by atoms with Gasteiger partial charge in [0.25, 0.3) is 0 Å². The molecule has 0 aliphatic heterocycles. The van der Waals surface area contributed by atoms with Crippen molar-refractivity contribution in [1.29, 1.82) is 0 Å². The second-order valence-corrected chi connectivity index (χ2v) is 7.71. The Morgan fingerprint density at radius 3 is 2.45 bits per heavy atom. The number of nitrogens with zero attached hydrogens (tertiary/aromatic N) is 1. The van der Waals surface area contributed by atoms with E-state index in [2.05, 4.69) is 5.32 Å². The molecule has 31 heavy (non-hydrogen) atoms. The largest absolute Gasteiger partial charge is 0.478 e. The zero-order valence-corrected chi connectivity index (χ0v) is 17.6. The number of carboxylic acid groups (broad SMARTS) is 1. The highest BCUT2D eigenvalue weighted by molar-refractivity contribution is 5.95. The summed E-state index contributed by atoms with van der Waals surface area (Å²) in [4.78, 5) is 16.3. The smallest absolute Gasteiger partial charge is 0.337 e. The van der Waals surface area contributed by atoms with Gasteiger partial charge in [0.1, 0.15) is 5.82 Å². The maximum Gasteiger partial charge on any atom is 0.337 e. The predicted octanol–water partition coefficient (Wildman–Crippen LogP) is 6.53. The number of hydrogen-bond donors (Lipinski definition) is 2. The van der Waals surface area contributed by atoms with Crippen molar-refractivity contribution in [3.63, 3.8) is 0 Å². The lowest BCUT2D eigenvalue weighted by Gasteiger charge is -2.21. The lowest BCUT2D eigenvalue weighted by Crippen LogP contribution is -2.12. The van der Waals surface area contributed by atoms with Crippen LogP contribution in [0.15, 0.2) is 66.7 Å². The third-order valence-electron chi connectivity index (χ3n) is 5.54. The Hall–Kier alpha value is -3.73. The van der Waals surface area contributed by atoms with Gasteiger partial charge >= 0.3 is 5.97 Å². The number of para-hydroxylation sites is 1. The first-order valence-electron chi connectivity index (χ1n) is 10.1. The molecule has 156 valence electrons. The molecule has 0 radical (unpaired) electrons. The van der Waals surface area contributed by atoms with Crippen LogP contribution < -0.4 is 5.32 Å². The second-order valence-electron chi connectivity index (χ2n) is 7.71. The van der Waals surface area contributed by atoms with Gasteiger partial charge < -0.3 is 10.4 Å². The molecule has 1 aromatic heterocycles. The normalized spacial score (nSPS) is 12.0. The number of rotatable bonds is 5. The van der Waals surface area contributed by atoms with Crippen molar-refractivity contribution in [3.8, 4) is 11.1 Å². The molecule has 0 aliphatic carbocycles. The number of carboxylic acids is 1. The van der Waals surface area contributed by atoms with Crippen LogP contribution in [0.4, 0.5) is 10.1 Å². The third kappa shape index (κ3) is 3.99. The van der Waals surface area contributed by atoms with Gasteiger partial charge in [-0.2, -0.15) is 0 Å². The zero-order chi connectivity index (χ0) is 22.1. The van der Waals surface area contributed by atoms with E-state index in [1.54, 1.807) is 30.3 Å². The highest BCUT2D eigenvalue weighted by Gasteiger charge is 2.18. The Bertz CT molecular complexity index is 1280. The van der Waals surface area contributed by atoms with E-state index in [4.69, 9.17) is 4.98 Å². The van der Waals surface area contributed by atoms with Gasteiger partial charge in [-0.25, -0.2) is 9.18 Å². The molecule has 0 saturated carbocycles. The van der Waals surface area contributed by atoms with E-state index in [-0.39, 0.29) is 17.4 Å². The van der Waals surface area contributed by atoms with Gasteiger partial charge in [-0.3, -0.25) is 4.98 Å². The molecule has 3 aromatic carbocycles. The van der Waals surface area contributed by atoms with Gasteiger partial charge in [0.15, 0.2) is 0 Å². The van der Waals surface area contributed by atoms with Gasteiger partial charge in [-0.1, -0.05) is 30.3 Å². The molecule has 5 heteroatoms. The number of benzene rings is 3. The Kier molecular flexibility index (Phi) is 5.42. The van der Waals surface area contributed by atoms with Gasteiger partial charge in [-0.15, -0.1) is 0 Å². The summed E-state index contributed by atoms with van der Waals surface area (Å²) in [6, 6.07) is 19.2. The number of aromatic nitrogens is 1. The van der Waals surface area contributed by atoms with Gasteiger partial charge in [0.2, 0.25) is 0 Å². The molecule has 0 fully saturated rings. The first-order chi connectivity index (χ1) is 14.8. The lowest BCUT2D eigenvalue weighted by molar-refractivity contribution is 0.0698. The summed E-state index contributed by atoms with van der Waals surface area (Å²) in [5.41, 5.74) is 6.58. The van der Waals surface area contributed by atoms with Crippen LogP contribution in [0.5, 0.6) is 0 Å². The summed E-state index contributed by atoms with van der Waals surface area (Å²) in [5, 5.41) is 13.9. The highest BCUT2D eigenvalue weighted by Crippen LogP contribution is 2.35. The van der Waals surface area contributed by atoms with E-state index < -0.39 is 5.97 Å². The Morgan fingerprint density at radius 2 is 1.74 bits per heavy atom. The molecule has 1 unspecified atom stereocenters. The fraction of sp³-hybridized carbons (Fsp3) is 0.154. The number of halogens is 1. The zero-order valence-electron chi connectivity index (χ0n) is 17.6. The van der Waals surface area contributed by atoms with E-state index in [0.29, 0.717) is 5.69 Å². The molecule has 0 spiro atoms. The van der Waals surface area contributed by atoms with Crippen molar-refractivity contribution in [2.45, 2.75) is 26.8 Å². The number of nitrogens with one attached hydrogen (secondary N) is 1. The van der Waals surface area contributed by atoms with Crippen LogP contribution in [0.2, 0.25) is 0 Å². The molecule has 0 aliphatic rings. The van der Waals surface area contributed by atoms with Crippen LogP contribution in [0.25, 0.3) is 22.0 Å². The molecule has 1 atom stereocenters. The van der Waals surface area contributed by atoms with Crippen molar-refractivity contribution in [3.05, 3.63) is 94.9 Å². The van der Waals surface area contributed by atoms with Crippen molar-refractivity contribution >= 4 is 22.6 Å². The molecule has 0 amide bonds. The average molecular weight is 414 g/mol. The molecule has 4 nitrogen and oxygen atoms in total. The minimum atomic E-state index is -0.971. The number of anilines is 1. The minimum Gasteiger partial charge on any atom is -0.478 e. The summed E-state index contributed by atoms with van der Waals surface area (Å²) >= 11 is 0. The first kappa shape index (κ1) is 20.5. The van der Waals surface area contributed by atoms with Crippen LogP contribution in [-0.4, -0.2) is 16.1 Å². The van der Waals surface area contributed by atoms with Gasteiger partial charge in [0, 0.05) is 22.8 Å². The lowest BCUT2D eigenvalue weighted by atomic mass is 9.92. The number of aromatic carboxylic acids is 1. The highest BCUT2D eigenvalue weighted by atomic mass is 19.1. The second kappa shape index (κ2) is 8.19. The van der Waals surface area contributed by atoms with E-state index in [1.165, 1.54) is 12.1 Å². The molecular weight excluding hydrogens is 391 g/mol.